The Morgan fingerprint density at radius 3 is 2.56 bits per heavy atom. The molecule has 0 bridgehead atoms. The molecular weight excluding hydrogens is 212 g/mol. The van der Waals surface area contributed by atoms with Crippen LogP contribution in [0, 0.1) is 5.92 Å². The molecule has 2 heterocycles. The van der Waals surface area contributed by atoms with Crippen molar-refractivity contribution in [2.75, 3.05) is 13.1 Å². The SMILES string of the molecule is O=C(ON1C(=O)CCC1=O)[C@H]1CCCNC1. The predicted molar refractivity (Wildman–Crippen MR) is 52.8 cm³/mol. The average Bonchev–Trinajstić information content (AvgIpc) is 2.62. The zero-order valence-electron chi connectivity index (χ0n) is 8.90. The molecule has 0 aromatic heterocycles. The molecule has 2 aliphatic heterocycles. The molecule has 2 aliphatic rings. The van der Waals surface area contributed by atoms with Crippen LogP contribution < -0.4 is 5.32 Å². The summed E-state index contributed by atoms with van der Waals surface area (Å²) in [6, 6.07) is 0. The Labute approximate surface area is 92.9 Å². The van der Waals surface area contributed by atoms with Crippen LogP contribution in [0.25, 0.3) is 0 Å². The first-order chi connectivity index (χ1) is 7.68. The van der Waals surface area contributed by atoms with Crippen molar-refractivity contribution < 1.29 is 19.2 Å². The lowest BCUT2D eigenvalue weighted by Gasteiger charge is -2.22. The van der Waals surface area contributed by atoms with Crippen LogP contribution in [0.5, 0.6) is 0 Å². The Morgan fingerprint density at radius 1 is 1.31 bits per heavy atom. The Kier molecular flexibility index (Phi) is 3.19. The minimum Gasteiger partial charge on any atom is -0.330 e. The van der Waals surface area contributed by atoms with Crippen molar-refractivity contribution in [1.29, 1.82) is 0 Å². The standard InChI is InChI=1S/C10H14N2O4/c13-8-3-4-9(14)12(8)16-10(15)7-2-1-5-11-6-7/h7,11H,1-6H2/t7-/m0/s1. The minimum absolute atomic E-state index is 0.134. The number of hydroxylamine groups is 2. The number of amides is 2. The molecule has 1 N–H and O–H groups in total. The van der Waals surface area contributed by atoms with Crippen molar-refractivity contribution in [3.63, 3.8) is 0 Å². The molecule has 0 aromatic carbocycles. The molecule has 0 unspecified atom stereocenters. The van der Waals surface area contributed by atoms with Crippen molar-refractivity contribution in [1.82, 2.24) is 10.4 Å². The topological polar surface area (TPSA) is 75.7 Å². The van der Waals surface area contributed by atoms with E-state index in [1.54, 1.807) is 0 Å². The second-order valence-corrected chi connectivity index (χ2v) is 4.04. The van der Waals surface area contributed by atoms with Crippen molar-refractivity contribution in [2.45, 2.75) is 25.7 Å². The number of nitrogens with zero attached hydrogens (tertiary/aromatic N) is 1. The molecular formula is C10H14N2O4. The summed E-state index contributed by atoms with van der Waals surface area (Å²) in [6.07, 6.45) is 1.91. The molecule has 2 fully saturated rings. The summed E-state index contributed by atoms with van der Waals surface area (Å²) in [5.41, 5.74) is 0. The number of nitrogens with one attached hydrogen (secondary N) is 1. The quantitative estimate of drug-likeness (QED) is 0.648. The van der Waals surface area contributed by atoms with Gasteiger partial charge in [-0.15, -0.1) is 5.06 Å². The molecule has 6 nitrogen and oxygen atoms in total. The van der Waals surface area contributed by atoms with Crippen LogP contribution in [-0.4, -0.2) is 35.9 Å². The highest BCUT2D eigenvalue weighted by Crippen LogP contribution is 2.17. The molecule has 16 heavy (non-hydrogen) atoms. The highest BCUT2D eigenvalue weighted by atomic mass is 16.7. The summed E-state index contributed by atoms with van der Waals surface area (Å²) in [5, 5.41) is 3.68. The van der Waals surface area contributed by atoms with Gasteiger partial charge in [-0.2, -0.15) is 0 Å². The summed E-state index contributed by atoms with van der Waals surface area (Å²) in [5.74, 6) is -1.60. The lowest BCUT2D eigenvalue weighted by Crippen LogP contribution is -2.40. The van der Waals surface area contributed by atoms with Gasteiger partial charge in [-0.3, -0.25) is 9.59 Å². The predicted octanol–water partition coefficient (Wildman–Crippen LogP) is -0.407. The molecule has 0 aromatic rings. The third kappa shape index (κ3) is 2.21. The van der Waals surface area contributed by atoms with E-state index in [2.05, 4.69) is 5.32 Å². The number of hydrogen-bond donors (Lipinski definition) is 1. The molecule has 1 atom stereocenters. The molecule has 2 rings (SSSR count). The van der Waals surface area contributed by atoms with Crippen LogP contribution >= 0.6 is 0 Å². The fourth-order valence-electron chi connectivity index (χ4n) is 1.88. The van der Waals surface area contributed by atoms with Crippen molar-refractivity contribution in [3.8, 4) is 0 Å². The molecule has 0 aliphatic carbocycles. The summed E-state index contributed by atoms with van der Waals surface area (Å²) in [7, 11) is 0. The summed E-state index contributed by atoms with van der Waals surface area (Å²) < 4.78 is 0. The fraction of sp³-hybridized carbons (Fsp3) is 0.700. The number of carbonyl (C=O) groups is 3. The fourth-order valence-corrected chi connectivity index (χ4v) is 1.88. The number of hydrogen-bond acceptors (Lipinski definition) is 5. The van der Waals surface area contributed by atoms with Gasteiger partial charge in [0.1, 0.15) is 0 Å². The van der Waals surface area contributed by atoms with Gasteiger partial charge in [-0.05, 0) is 19.4 Å². The van der Waals surface area contributed by atoms with E-state index in [-0.39, 0.29) is 18.8 Å². The van der Waals surface area contributed by atoms with Crippen LogP contribution in [0.2, 0.25) is 0 Å². The van der Waals surface area contributed by atoms with E-state index in [1.165, 1.54) is 0 Å². The number of rotatable bonds is 2. The Bertz CT molecular complexity index is 307. The lowest BCUT2D eigenvalue weighted by atomic mass is 10.0. The van der Waals surface area contributed by atoms with Crippen molar-refractivity contribution in [2.24, 2.45) is 5.92 Å². The third-order valence-corrected chi connectivity index (χ3v) is 2.82. The van der Waals surface area contributed by atoms with Crippen LogP contribution in [0.3, 0.4) is 0 Å². The molecule has 2 amide bonds. The maximum absolute atomic E-state index is 11.6. The molecule has 88 valence electrons. The molecule has 0 saturated carbocycles. The van der Waals surface area contributed by atoms with Crippen LogP contribution in [0.1, 0.15) is 25.7 Å². The maximum atomic E-state index is 11.6. The molecule has 6 heteroatoms. The maximum Gasteiger partial charge on any atom is 0.337 e. The van der Waals surface area contributed by atoms with Gasteiger partial charge in [0.25, 0.3) is 11.8 Å². The van der Waals surface area contributed by atoms with Crippen molar-refractivity contribution >= 4 is 17.8 Å². The molecule has 2 saturated heterocycles. The third-order valence-electron chi connectivity index (χ3n) is 2.82. The highest BCUT2D eigenvalue weighted by molar-refractivity contribution is 6.01. The molecule has 0 radical (unpaired) electrons. The van der Waals surface area contributed by atoms with E-state index in [0.717, 1.165) is 19.4 Å². The summed E-state index contributed by atoms with van der Waals surface area (Å²) in [6.45, 7) is 1.44. The van der Waals surface area contributed by atoms with E-state index >= 15 is 0 Å². The lowest BCUT2D eigenvalue weighted by molar-refractivity contribution is -0.200. The normalized spacial score (nSPS) is 26.0. The van der Waals surface area contributed by atoms with E-state index in [1.807, 2.05) is 0 Å². The Morgan fingerprint density at radius 2 is 2.00 bits per heavy atom. The van der Waals surface area contributed by atoms with Gasteiger partial charge in [-0.1, -0.05) is 0 Å². The van der Waals surface area contributed by atoms with E-state index in [9.17, 15) is 14.4 Å². The van der Waals surface area contributed by atoms with Crippen molar-refractivity contribution in [3.05, 3.63) is 0 Å². The van der Waals surface area contributed by atoms with Crippen LogP contribution in [-0.2, 0) is 19.2 Å². The van der Waals surface area contributed by atoms with Gasteiger partial charge in [0.2, 0.25) is 0 Å². The van der Waals surface area contributed by atoms with Gasteiger partial charge in [0.15, 0.2) is 0 Å². The Hall–Kier alpha value is -1.43. The van der Waals surface area contributed by atoms with Crippen LogP contribution in [0.15, 0.2) is 0 Å². The first kappa shape index (κ1) is 11.1. The van der Waals surface area contributed by atoms with Gasteiger partial charge >= 0.3 is 5.97 Å². The highest BCUT2D eigenvalue weighted by Gasteiger charge is 2.35. The number of carbonyl (C=O) groups excluding carboxylic acids is 3. The summed E-state index contributed by atoms with van der Waals surface area (Å²) in [4.78, 5) is 38.9. The summed E-state index contributed by atoms with van der Waals surface area (Å²) >= 11 is 0. The van der Waals surface area contributed by atoms with Gasteiger partial charge in [0, 0.05) is 19.4 Å². The van der Waals surface area contributed by atoms with E-state index in [0.29, 0.717) is 11.6 Å². The van der Waals surface area contributed by atoms with Crippen LogP contribution in [0.4, 0.5) is 0 Å². The van der Waals surface area contributed by atoms with E-state index < -0.39 is 17.8 Å². The zero-order valence-corrected chi connectivity index (χ0v) is 8.90. The largest absolute Gasteiger partial charge is 0.337 e. The number of piperidine rings is 1. The smallest absolute Gasteiger partial charge is 0.330 e. The Balaban J connectivity index is 1.90. The van der Waals surface area contributed by atoms with Gasteiger partial charge in [-0.25, -0.2) is 4.79 Å². The van der Waals surface area contributed by atoms with Gasteiger partial charge in [0.05, 0.1) is 5.92 Å². The first-order valence-electron chi connectivity index (χ1n) is 5.47. The minimum atomic E-state index is -0.490. The second-order valence-electron chi connectivity index (χ2n) is 4.04. The molecule has 0 spiro atoms. The first-order valence-corrected chi connectivity index (χ1v) is 5.47. The van der Waals surface area contributed by atoms with E-state index in [4.69, 9.17) is 4.84 Å². The zero-order chi connectivity index (χ0) is 11.5. The second kappa shape index (κ2) is 4.61. The number of imide groups is 1. The monoisotopic (exact) mass is 226 g/mol. The van der Waals surface area contributed by atoms with Gasteiger partial charge < -0.3 is 10.2 Å². The average molecular weight is 226 g/mol.